The largest absolute Gasteiger partial charge is 0.320 e. The lowest BCUT2D eigenvalue weighted by molar-refractivity contribution is 0.498. The summed E-state index contributed by atoms with van der Waals surface area (Å²) in [6, 6.07) is 0.933. The molecule has 0 bridgehead atoms. The van der Waals surface area contributed by atoms with E-state index in [1.165, 1.54) is 0 Å². The first kappa shape index (κ1) is 14.8. The van der Waals surface area contributed by atoms with Crippen LogP contribution in [0.4, 0.5) is 18.9 Å². The number of halogens is 3. The van der Waals surface area contributed by atoms with Gasteiger partial charge in [-0.25, -0.2) is 21.6 Å². The van der Waals surface area contributed by atoms with E-state index in [1.807, 2.05) is 4.72 Å². The number of benzene rings is 1. The maximum absolute atomic E-state index is 13.2. The Bertz CT molecular complexity index is 520. The fourth-order valence-corrected chi connectivity index (χ4v) is 2.40. The lowest BCUT2D eigenvalue weighted by atomic mass is 10.3. The molecule has 0 aliphatic heterocycles. The molecular weight excluding hydrogens is 269 g/mol. The Labute approximate surface area is 103 Å². The van der Waals surface area contributed by atoms with Crippen LogP contribution in [0.1, 0.15) is 6.42 Å². The highest BCUT2D eigenvalue weighted by molar-refractivity contribution is 7.92. The Morgan fingerprint density at radius 1 is 1.22 bits per heavy atom. The van der Waals surface area contributed by atoms with Crippen molar-refractivity contribution in [1.29, 1.82) is 0 Å². The standard InChI is InChI=1S/C10H13F3N2O2S/c1-14-3-2-4-18(16,17)15-9-6-7(11)5-8(12)10(9)13/h5-6,14-15H,2-4H2,1H3. The zero-order chi connectivity index (χ0) is 13.8. The van der Waals surface area contributed by atoms with Gasteiger partial charge in [-0.15, -0.1) is 0 Å². The summed E-state index contributed by atoms with van der Waals surface area (Å²) in [5.74, 6) is -4.19. The highest BCUT2D eigenvalue weighted by Crippen LogP contribution is 2.20. The summed E-state index contributed by atoms with van der Waals surface area (Å²) in [7, 11) is -2.17. The van der Waals surface area contributed by atoms with E-state index in [-0.39, 0.29) is 5.75 Å². The summed E-state index contributed by atoms with van der Waals surface area (Å²) in [6.45, 7) is 0.459. The van der Waals surface area contributed by atoms with Crippen molar-refractivity contribution in [1.82, 2.24) is 5.32 Å². The van der Waals surface area contributed by atoms with Crippen molar-refractivity contribution in [3.05, 3.63) is 29.6 Å². The monoisotopic (exact) mass is 282 g/mol. The van der Waals surface area contributed by atoms with Gasteiger partial charge in [-0.2, -0.15) is 0 Å². The van der Waals surface area contributed by atoms with E-state index in [9.17, 15) is 21.6 Å². The highest BCUT2D eigenvalue weighted by Gasteiger charge is 2.16. The lowest BCUT2D eigenvalue weighted by Gasteiger charge is -2.09. The molecule has 18 heavy (non-hydrogen) atoms. The predicted molar refractivity (Wildman–Crippen MR) is 62.3 cm³/mol. The van der Waals surface area contributed by atoms with Crippen LogP contribution in [0.2, 0.25) is 0 Å². The van der Waals surface area contributed by atoms with E-state index in [0.29, 0.717) is 25.1 Å². The first-order valence-corrected chi connectivity index (χ1v) is 6.80. The maximum atomic E-state index is 13.2. The SMILES string of the molecule is CNCCCS(=O)(=O)Nc1cc(F)cc(F)c1F. The van der Waals surface area contributed by atoms with Gasteiger partial charge in [-0.3, -0.25) is 4.72 Å². The predicted octanol–water partition coefficient (Wildman–Crippen LogP) is 1.46. The molecule has 1 rings (SSSR count). The first-order chi connectivity index (χ1) is 8.35. The summed E-state index contributed by atoms with van der Waals surface area (Å²) in [6.07, 6.45) is 0.297. The second-order valence-electron chi connectivity index (χ2n) is 3.63. The fourth-order valence-electron chi connectivity index (χ4n) is 1.29. The Hall–Kier alpha value is -1.28. The molecule has 0 saturated carbocycles. The van der Waals surface area contributed by atoms with Crippen LogP contribution in [0, 0.1) is 17.5 Å². The van der Waals surface area contributed by atoms with Crippen LogP contribution >= 0.6 is 0 Å². The molecule has 4 nitrogen and oxygen atoms in total. The number of rotatable bonds is 6. The average molecular weight is 282 g/mol. The van der Waals surface area contributed by atoms with Crippen molar-refractivity contribution < 1.29 is 21.6 Å². The molecule has 102 valence electrons. The second kappa shape index (κ2) is 6.05. The van der Waals surface area contributed by atoms with E-state index in [2.05, 4.69) is 5.32 Å². The Kier molecular flexibility index (Phi) is 4.97. The van der Waals surface area contributed by atoms with E-state index < -0.39 is 33.2 Å². The van der Waals surface area contributed by atoms with Crippen LogP contribution in [-0.2, 0) is 10.0 Å². The number of nitrogens with one attached hydrogen (secondary N) is 2. The average Bonchev–Trinajstić information content (AvgIpc) is 2.25. The zero-order valence-electron chi connectivity index (χ0n) is 9.63. The smallest absolute Gasteiger partial charge is 0.232 e. The fraction of sp³-hybridized carbons (Fsp3) is 0.400. The van der Waals surface area contributed by atoms with Crippen LogP contribution < -0.4 is 10.0 Å². The van der Waals surface area contributed by atoms with Gasteiger partial charge in [0.25, 0.3) is 0 Å². The normalized spacial score (nSPS) is 11.6. The Morgan fingerprint density at radius 3 is 2.50 bits per heavy atom. The molecule has 1 aromatic carbocycles. The van der Waals surface area contributed by atoms with E-state index >= 15 is 0 Å². The quantitative estimate of drug-likeness (QED) is 0.613. The second-order valence-corrected chi connectivity index (χ2v) is 5.47. The van der Waals surface area contributed by atoms with Crippen LogP contribution in [0.15, 0.2) is 12.1 Å². The van der Waals surface area contributed by atoms with Crippen LogP contribution in [0.5, 0.6) is 0 Å². The molecule has 0 spiro atoms. The summed E-state index contributed by atoms with van der Waals surface area (Å²) in [4.78, 5) is 0. The minimum atomic E-state index is -3.83. The topological polar surface area (TPSA) is 58.2 Å². The van der Waals surface area contributed by atoms with E-state index in [4.69, 9.17) is 0 Å². The van der Waals surface area contributed by atoms with Gasteiger partial charge in [0, 0.05) is 12.1 Å². The number of anilines is 1. The summed E-state index contributed by atoms with van der Waals surface area (Å²) >= 11 is 0. The Balaban J connectivity index is 2.84. The number of hydrogen-bond donors (Lipinski definition) is 2. The third-order valence-electron chi connectivity index (χ3n) is 2.10. The molecule has 8 heteroatoms. The van der Waals surface area contributed by atoms with E-state index in [1.54, 1.807) is 7.05 Å². The van der Waals surface area contributed by atoms with Gasteiger partial charge in [0.15, 0.2) is 11.6 Å². The minimum absolute atomic E-state index is 0.272. The molecule has 1 aromatic rings. The molecule has 0 aliphatic rings. The first-order valence-electron chi connectivity index (χ1n) is 5.15. The zero-order valence-corrected chi connectivity index (χ0v) is 10.5. The molecule has 0 aliphatic carbocycles. The molecule has 0 atom stereocenters. The summed E-state index contributed by atoms with van der Waals surface area (Å²) in [5, 5.41) is 2.75. The lowest BCUT2D eigenvalue weighted by Crippen LogP contribution is -2.21. The van der Waals surface area contributed by atoms with Crippen LogP contribution in [0.3, 0.4) is 0 Å². The highest BCUT2D eigenvalue weighted by atomic mass is 32.2. The molecule has 0 fully saturated rings. The minimum Gasteiger partial charge on any atom is -0.320 e. The van der Waals surface area contributed by atoms with E-state index in [0.717, 1.165) is 0 Å². The van der Waals surface area contributed by atoms with Gasteiger partial charge in [-0.05, 0) is 20.0 Å². The van der Waals surface area contributed by atoms with Crippen molar-refractivity contribution >= 4 is 15.7 Å². The van der Waals surface area contributed by atoms with Crippen molar-refractivity contribution in [2.24, 2.45) is 0 Å². The third-order valence-corrected chi connectivity index (χ3v) is 3.46. The van der Waals surface area contributed by atoms with Gasteiger partial charge in [0.05, 0.1) is 11.4 Å². The third kappa shape index (κ3) is 4.19. The maximum Gasteiger partial charge on any atom is 0.232 e. The summed E-state index contributed by atoms with van der Waals surface area (Å²) < 4.78 is 63.7. The molecule has 2 N–H and O–H groups in total. The Morgan fingerprint density at radius 2 is 1.89 bits per heavy atom. The number of hydrogen-bond acceptors (Lipinski definition) is 3. The molecule has 0 aromatic heterocycles. The summed E-state index contributed by atoms with van der Waals surface area (Å²) in [5.41, 5.74) is -0.725. The molecule has 0 unspecified atom stereocenters. The van der Waals surface area contributed by atoms with Gasteiger partial charge < -0.3 is 5.32 Å². The molecule has 0 radical (unpaired) electrons. The van der Waals surface area contributed by atoms with Crippen molar-refractivity contribution in [2.45, 2.75) is 6.42 Å². The van der Waals surface area contributed by atoms with Gasteiger partial charge in [0.1, 0.15) is 5.82 Å². The van der Waals surface area contributed by atoms with Crippen molar-refractivity contribution in [3.8, 4) is 0 Å². The van der Waals surface area contributed by atoms with Crippen LogP contribution in [0.25, 0.3) is 0 Å². The molecule has 0 saturated heterocycles. The molecule has 0 amide bonds. The van der Waals surface area contributed by atoms with Crippen LogP contribution in [-0.4, -0.2) is 27.8 Å². The molecule has 0 heterocycles. The van der Waals surface area contributed by atoms with Crippen molar-refractivity contribution in [3.63, 3.8) is 0 Å². The van der Waals surface area contributed by atoms with Crippen molar-refractivity contribution in [2.75, 3.05) is 24.1 Å². The van der Waals surface area contributed by atoms with Gasteiger partial charge in [-0.1, -0.05) is 0 Å². The number of sulfonamides is 1. The molecular formula is C10H13F3N2O2S. The van der Waals surface area contributed by atoms with Gasteiger partial charge in [0.2, 0.25) is 10.0 Å². The van der Waals surface area contributed by atoms with Gasteiger partial charge >= 0.3 is 0 Å².